The van der Waals surface area contributed by atoms with E-state index in [1.54, 1.807) is 0 Å². The Balaban J connectivity index is 1.82. The smallest absolute Gasteiger partial charge is 0.148 e. The van der Waals surface area contributed by atoms with Crippen molar-refractivity contribution in [3.05, 3.63) is 88.9 Å². The lowest BCUT2D eigenvalue weighted by Crippen LogP contribution is -2.35. The fourth-order valence-corrected chi connectivity index (χ4v) is 3.42. The van der Waals surface area contributed by atoms with Gasteiger partial charge in [0.25, 0.3) is 0 Å². The standard InChI is InChI=1S/C19H15BrN2/c20-15-9-6-10-16(13-15)22-18-12-5-4-11-17(18)21-19(22)14-7-2-1-3-8-14/h1-13,18-19H. The van der Waals surface area contributed by atoms with Gasteiger partial charge in [0.1, 0.15) is 6.17 Å². The number of nitrogens with zero attached hydrogens (tertiary/aromatic N) is 2. The maximum atomic E-state index is 4.96. The molecule has 2 nitrogen and oxygen atoms in total. The largest absolute Gasteiger partial charge is 0.334 e. The lowest BCUT2D eigenvalue weighted by Gasteiger charge is -2.31. The first-order valence-electron chi connectivity index (χ1n) is 7.34. The van der Waals surface area contributed by atoms with Gasteiger partial charge in [-0.25, -0.2) is 0 Å². The van der Waals surface area contributed by atoms with Gasteiger partial charge in [-0.05, 0) is 29.8 Å². The highest BCUT2D eigenvalue weighted by Gasteiger charge is 2.35. The molecule has 0 spiro atoms. The molecule has 0 saturated heterocycles. The van der Waals surface area contributed by atoms with Crippen LogP contribution in [-0.4, -0.2) is 11.8 Å². The maximum Gasteiger partial charge on any atom is 0.148 e. The normalized spacial score (nSPS) is 22.6. The fourth-order valence-electron chi connectivity index (χ4n) is 3.03. The van der Waals surface area contributed by atoms with E-state index in [9.17, 15) is 0 Å². The van der Waals surface area contributed by atoms with Gasteiger partial charge in [-0.3, -0.25) is 4.99 Å². The first-order chi connectivity index (χ1) is 10.8. The van der Waals surface area contributed by atoms with Crippen molar-refractivity contribution in [1.82, 2.24) is 0 Å². The Hall–Kier alpha value is -2.13. The van der Waals surface area contributed by atoms with Crippen molar-refractivity contribution in [2.45, 2.75) is 12.2 Å². The van der Waals surface area contributed by atoms with E-state index in [-0.39, 0.29) is 12.2 Å². The van der Waals surface area contributed by atoms with Gasteiger partial charge in [-0.1, -0.05) is 70.6 Å². The van der Waals surface area contributed by atoms with Crippen molar-refractivity contribution in [2.24, 2.45) is 4.99 Å². The summed E-state index contributed by atoms with van der Waals surface area (Å²) in [6.07, 6.45) is 8.49. The predicted octanol–water partition coefficient (Wildman–Crippen LogP) is 4.90. The Kier molecular flexibility index (Phi) is 3.43. The average Bonchev–Trinajstić information content (AvgIpc) is 2.95. The van der Waals surface area contributed by atoms with Crippen LogP contribution in [0.3, 0.4) is 0 Å². The van der Waals surface area contributed by atoms with E-state index in [1.807, 2.05) is 6.07 Å². The molecule has 0 fully saturated rings. The van der Waals surface area contributed by atoms with Crippen molar-refractivity contribution in [3.8, 4) is 0 Å². The van der Waals surface area contributed by atoms with Gasteiger partial charge < -0.3 is 4.90 Å². The second-order valence-corrected chi connectivity index (χ2v) is 6.33. The highest BCUT2D eigenvalue weighted by molar-refractivity contribution is 9.10. The molecule has 2 aliphatic rings. The molecule has 0 radical (unpaired) electrons. The molecular weight excluding hydrogens is 336 g/mol. The summed E-state index contributed by atoms with van der Waals surface area (Å²) in [5, 5.41) is 0. The molecule has 3 heteroatoms. The van der Waals surface area contributed by atoms with E-state index in [1.165, 1.54) is 11.3 Å². The topological polar surface area (TPSA) is 15.6 Å². The summed E-state index contributed by atoms with van der Waals surface area (Å²) in [4.78, 5) is 7.33. The predicted molar refractivity (Wildman–Crippen MR) is 95.3 cm³/mol. The van der Waals surface area contributed by atoms with Crippen LogP contribution in [-0.2, 0) is 0 Å². The van der Waals surface area contributed by atoms with Gasteiger partial charge in [0.05, 0.1) is 11.8 Å². The Morgan fingerprint density at radius 3 is 2.64 bits per heavy atom. The van der Waals surface area contributed by atoms with Crippen molar-refractivity contribution in [2.75, 3.05) is 4.90 Å². The van der Waals surface area contributed by atoms with E-state index in [0.717, 1.165) is 10.2 Å². The molecule has 1 heterocycles. The molecule has 0 amide bonds. The molecule has 2 aromatic rings. The van der Waals surface area contributed by atoms with Crippen LogP contribution in [0.25, 0.3) is 0 Å². The monoisotopic (exact) mass is 350 g/mol. The number of anilines is 1. The van der Waals surface area contributed by atoms with Gasteiger partial charge in [-0.2, -0.15) is 0 Å². The molecule has 108 valence electrons. The minimum absolute atomic E-state index is 0.0166. The van der Waals surface area contributed by atoms with Gasteiger partial charge in [0, 0.05) is 10.2 Å². The number of allylic oxidation sites excluding steroid dienone is 2. The number of fused-ring (bicyclic) bond motifs is 1. The SMILES string of the molecule is Brc1cccc(N2C3C=CC=CC3=NC2c2ccccc2)c1. The highest BCUT2D eigenvalue weighted by Crippen LogP contribution is 2.38. The maximum absolute atomic E-state index is 4.96. The lowest BCUT2D eigenvalue weighted by molar-refractivity contribution is 0.696. The van der Waals surface area contributed by atoms with Gasteiger partial charge in [-0.15, -0.1) is 0 Å². The summed E-state index contributed by atoms with van der Waals surface area (Å²) in [6.45, 7) is 0. The number of benzene rings is 2. The molecule has 0 N–H and O–H groups in total. The molecule has 1 aliphatic carbocycles. The minimum Gasteiger partial charge on any atom is -0.334 e. The zero-order valence-corrected chi connectivity index (χ0v) is 13.5. The highest BCUT2D eigenvalue weighted by atomic mass is 79.9. The second-order valence-electron chi connectivity index (χ2n) is 5.41. The third kappa shape index (κ3) is 2.32. The number of aliphatic imine (C=N–C) groups is 1. The van der Waals surface area contributed by atoms with Crippen molar-refractivity contribution in [1.29, 1.82) is 0 Å². The number of halogens is 1. The van der Waals surface area contributed by atoms with Crippen LogP contribution < -0.4 is 4.90 Å². The van der Waals surface area contributed by atoms with Crippen molar-refractivity contribution >= 4 is 27.3 Å². The quantitative estimate of drug-likeness (QED) is 0.751. The van der Waals surface area contributed by atoms with Gasteiger partial charge >= 0.3 is 0 Å². The minimum atomic E-state index is 0.0166. The Morgan fingerprint density at radius 1 is 0.955 bits per heavy atom. The molecule has 0 bridgehead atoms. The molecule has 22 heavy (non-hydrogen) atoms. The summed E-state index contributed by atoms with van der Waals surface area (Å²) >= 11 is 3.58. The summed E-state index contributed by atoms with van der Waals surface area (Å²) in [7, 11) is 0. The van der Waals surface area contributed by atoms with Crippen LogP contribution in [0.2, 0.25) is 0 Å². The van der Waals surface area contributed by atoms with Crippen molar-refractivity contribution < 1.29 is 0 Å². The molecule has 2 aromatic carbocycles. The van der Waals surface area contributed by atoms with Crippen LogP contribution in [0.15, 0.2) is 88.4 Å². The average molecular weight is 351 g/mol. The van der Waals surface area contributed by atoms with Crippen LogP contribution in [0.5, 0.6) is 0 Å². The molecular formula is C19H15BrN2. The molecule has 4 rings (SSSR count). The first-order valence-corrected chi connectivity index (χ1v) is 8.14. The van der Waals surface area contributed by atoms with Crippen LogP contribution in [0.1, 0.15) is 11.7 Å². The van der Waals surface area contributed by atoms with Crippen LogP contribution in [0.4, 0.5) is 5.69 Å². The van der Waals surface area contributed by atoms with E-state index >= 15 is 0 Å². The van der Waals surface area contributed by atoms with Gasteiger partial charge in [0.15, 0.2) is 0 Å². The number of hydrogen-bond acceptors (Lipinski definition) is 2. The fraction of sp³-hybridized carbons (Fsp3) is 0.105. The van der Waals surface area contributed by atoms with Crippen LogP contribution >= 0.6 is 15.9 Å². The Morgan fingerprint density at radius 2 is 1.82 bits per heavy atom. The van der Waals surface area contributed by atoms with E-state index in [4.69, 9.17) is 4.99 Å². The van der Waals surface area contributed by atoms with E-state index < -0.39 is 0 Å². The van der Waals surface area contributed by atoms with E-state index in [2.05, 4.69) is 93.7 Å². The molecule has 0 aromatic heterocycles. The Bertz CT molecular complexity index is 777. The van der Waals surface area contributed by atoms with E-state index in [0.29, 0.717) is 0 Å². The zero-order chi connectivity index (χ0) is 14.9. The molecule has 0 saturated carbocycles. The lowest BCUT2D eigenvalue weighted by atomic mass is 10.0. The molecule has 2 unspecified atom stereocenters. The molecule has 2 atom stereocenters. The third-order valence-corrected chi connectivity index (χ3v) is 4.51. The Labute approximate surface area is 138 Å². The van der Waals surface area contributed by atoms with Crippen molar-refractivity contribution in [3.63, 3.8) is 0 Å². The number of rotatable bonds is 2. The third-order valence-electron chi connectivity index (χ3n) is 4.01. The summed E-state index contributed by atoms with van der Waals surface area (Å²) in [5.41, 5.74) is 3.51. The summed E-state index contributed by atoms with van der Waals surface area (Å²) in [6, 6.07) is 19.1. The van der Waals surface area contributed by atoms with Crippen LogP contribution in [0, 0.1) is 0 Å². The zero-order valence-electron chi connectivity index (χ0n) is 11.9. The summed E-state index contributed by atoms with van der Waals surface area (Å²) < 4.78 is 1.08. The second kappa shape index (κ2) is 5.58. The number of hydrogen-bond donors (Lipinski definition) is 0. The first kappa shape index (κ1) is 13.5. The molecule has 1 aliphatic heterocycles. The summed E-state index contributed by atoms with van der Waals surface area (Å²) in [5.74, 6) is 0. The van der Waals surface area contributed by atoms with Gasteiger partial charge in [0.2, 0.25) is 0 Å².